The molecule has 10 heteroatoms. The molecule has 0 bridgehead atoms. The number of anilines is 1. The first kappa shape index (κ1) is 22.4. The van der Waals surface area contributed by atoms with Crippen LogP contribution in [0.25, 0.3) is 5.82 Å². The molecular weight excluding hydrogens is 426 g/mol. The summed E-state index contributed by atoms with van der Waals surface area (Å²) in [4.78, 5) is 29.3. The maximum absolute atomic E-state index is 12.7. The molecule has 1 amide bonds. The quantitative estimate of drug-likeness (QED) is 0.405. The summed E-state index contributed by atoms with van der Waals surface area (Å²) in [6.07, 6.45) is 2.99. The summed E-state index contributed by atoms with van der Waals surface area (Å²) in [6, 6.07) is 11.5. The van der Waals surface area contributed by atoms with Gasteiger partial charge in [0, 0.05) is 11.1 Å². The van der Waals surface area contributed by atoms with Gasteiger partial charge < -0.3 is 10.1 Å². The monoisotopic (exact) mass is 446 g/mol. The minimum Gasteiger partial charge on any atom is -0.452 e. The summed E-state index contributed by atoms with van der Waals surface area (Å²) in [5, 5.41) is 6.73. The van der Waals surface area contributed by atoms with Gasteiger partial charge in [-0.15, -0.1) is 0 Å². The topological polar surface area (TPSA) is 86.1 Å². The summed E-state index contributed by atoms with van der Waals surface area (Å²) in [6.45, 7) is 3.23. The van der Waals surface area contributed by atoms with Gasteiger partial charge in [0.15, 0.2) is 12.4 Å². The van der Waals surface area contributed by atoms with Gasteiger partial charge in [0.05, 0.1) is 17.6 Å². The molecule has 3 aromatic rings. The molecule has 0 fully saturated rings. The fraction of sp³-hybridized carbons (Fsp3) is 0.238. The zero-order chi connectivity index (χ0) is 22.4. The highest BCUT2D eigenvalue weighted by atomic mass is 32.2. The van der Waals surface area contributed by atoms with Crippen LogP contribution in [-0.2, 0) is 9.53 Å². The number of pyridine rings is 1. The second-order valence-corrected chi connectivity index (χ2v) is 7.73. The lowest BCUT2D eigenvalue weighted by Gasteiger charge is -2.12. The van der Waals surface area contributed by atoms with Gasteiger partial charge in [0.25, 0.3) is 11.7 Å². The van der Waals surface area contributed by atoms with Crippen molar-refractivity contribution in [3.05, 3.63) is 66.1 Å². The normalized spacial score (nSPS) is 11.0. The third-order valence-corrected chi connectivity index (χ3v) is 4.94. The minimum atomic E-state index is -2.62. The Kier molecular flexibility index (Phi) is 7.35. The number of thioether (sulfide) groups is 1. The van der Waals surface area contributed by atoms with Crippen molar-refractivity contribution in [2.45, 2.75) is 30.4 Å². The summed E-state index contributed by atoms with van der Waals surface area (Å²) in [5.41, 5.74) is 1.05. The molecule has 3 rings (SSSR count). The zero-order valence-corrected chi connectivity index (χ0v) is 17.6. The Labute approximate surface area is 181 Å². The fourth-order valence-corrected chi connectivity index (χ4v) is 3.49. The molecule has 0 saturated heterocycles. The SMILES string of the molecule is CC(C)c1c(C(=O)OCC(=O)Nc2ccccc2SC(F)F)cnn1-c1ccccn1. The van der Waals surface area contributed by atoms with E-state index in [0.29, 0.717) is 23.3 Å². The number of esters is 1. The molecule has 31 heavy (non-hydrogen) atoms. The molecule has 0 saturated carbocycles. The molecule has 0 unspecified atom stereocenters. The number of rotatable bonds is 8. The van der Waals surface area contributed by atoms with Crippen molar-refractivity contribution in [1.82, 2.24) is 14.8 Å². The van der Waals surface area contributed by atoms with Crippen LogP contribution in [0, 0.1) is 0 Å². The number of ether oxygens (including phenoxy) is 1. The van der Waals surface area contributed by atoms with Crippen molar-refractivity contribution in [2.24, 2.45) is 0 Å². The van der Waals surface area contributed by atoms with Gasteiger partial charge in [-0.1, -0.05) is 43.8 Å². The first-order valence-corrected chi connectivity index (χ1v) is 10.2. The van der Waals surface area contributed by atoms with E-state index in [1.54, 1.807) is 41.2 Å². The number of benzene rings is 1. The number of para-hydroxylation sites is 1. The average molecular weight is 446 g/mol. The number of halogens is 2. The number of hydrogen-bond donors (Lipinski definition) is 1. The van der Waals surface area contributed by atoms with Gasteiger partial charge in [0.2, 0.25) is 0 Å². The highest BCUT2D eigenvalue weighted by Crippen LogP contribution is 2.31. The van der Waals surface area contributed by atoms with Gasteiger partial charge in [0.1, 0.15) is 5.56 Å². The molecule has 1 N–H and O–H groups in total. The molecule has 7 nitrogen and oxygen atoms in total. The highest BCUT2D eigenvalue weighted by Gasteiger charge is 2.23. The molecule has 2 aromatic heterocycles. The van der Waals surface area contributed by atoms with Crippen molar-refractivity contribution in [2.75, 3.05) is 11.9 Å². The highest BCUT2D eigenvalue weighted by molar-refractivity contribution is 7.99. The van der Waals surface area contributed by atoms with Gasteiger partial charge >= 0.3 is 5.97 Å². The Bertz CT molecular complexity index is 1060. The summed E-state index contributed by atoms with van der Waals surface area (Å²) >= 11 is 0.321. The molecular formula is C21H20F2N4O3S. The van der Waals surface area contributed by atoms with Crippen LogP contribution >= 0.6 is 11.8 Å². The molecule has 0 radical (unpaired) electrons. The Morgan fingerprint density at radius 3 is 2.58 bits per heavy atom. The zero-order valence-electron chi connectivity index (χ0n) is 16.8. The molecule has 162 valence electrons. The predicted molar refractivity (Wildman–Crippen MR) is 113 cm³/mol. The van der Waals surface area contributed by atoms with Gasteiger partial charge in [-0.2, -0.15) is 13.9 Å². The Hall–Kier alpha value is -3.27. The molecule has 0 atom stereocenters. The average Bonchev–Trinajstić information content (AvgIpc) is 3.19. The number of aromatic nitrogens is 3. The summed E-state index contributed by atoms with van der Waals surface area (Å²) < 4.78 is 32.0. The number of nitrogens with zero attached hydrogens (tertiary/aromatic N) is 3. The van der Waals surface area contributed by atoms with Crippen LogP contribution in [0.1, 0.15) is 35.8 Å². The molecule has 0 aliphatic rings. The number of hydrogen-bond acceptors (Lipinski definition) is 6. The Morgan fingerprint density at radius 1 is 1.16 bits per heavy atom. The number of carbonyl (C=O) groups is 2. The fourth-order valence-electron chi connectivity index (χ4n) is 2.90. The van der Waals surface area contributed by atoms with E-state index in [9.17, 15) is 18.4 Å². The third kappa shape index (κ3) is 5.66. The maximum Gasteiger partial charge on any atom is 0.342 e. The largest absolute Gasteiger partial charge is 0.452 e. The van der Waals surface area contributed by atoms with Crippen LogP contribution in [0.3, 0.4) is 0 Å². The summed E-state index contributed by atoms with van der Waals surface area (Å²) in [5.74, 6) is -3.49. The van der Waals surface area contributed by atoms with E-state index in [0.717, 1.165) is 0 Å². The van der Waals surface area contributed by atoms with E-state index in [1.807, 2.05) is 13.8 Å². The standard InChI is InChI=1S/C21H20F2N4O3S/c1-13(2)19-14(11-25-27(19)17-9-5-6-10-24-17)20(29)30-12-18(28)26-15-7-3-4-8-16(15)31-21(22)23/h3-11,13,21H,12H2,1-2H3,(H,26,28). The molecule has 0 aliphatic carbocycles. The number of amides is 1. The molecule has 1 aromatic carbocycles. The first-order valence-electron chi connectivity index (χ1n) is 9.37. The van der Waals surface area contributed by atoms with Crippen LogP contribution in [0.15, 0.2) is 59.8 Å². The summed E-state index contributed by atoms with van der Waals surface area (Å²) in [7, 11) is 0. The maximum atomic E-state index is 12.7. The van der Waals surface area contributed by atoms with E-state index in [-0.39, 0.29) is 22.1 Å². The van der Waals surface area contributed by atoms with Crippen LogP contribution in [0.5, 0.6) is 0 Å². The van der Waals surface area contributed by atoms with Crippen LogP contribution in [-0.4, -0.2) is 39.0 Å². The number of carbonyl (C=O) groups excluding carboxylic acids is 2. The van der Waals surface area contributed by atoms with E-state index in [2.05, 4.69) is 15.4 Å². The molecule has 2 heterocycles. The predicted octanol–water partition coefficient (Wildman–Crippen LogP) is 4.50. The smallest absolute Gasteiger partial charge is 0.342 e. The van der Waals surface area contributed by atoms with Crippen LogP contribution < -0.4 is 5.32 Å². The van der Waals surface area contributed by atoms with E-state index in [4.69, 9.17) is 4.74 Å². The lowest BCUT2D eigenvalue weighted by Crippen LogP contribution is -2.22. The number of nitrogens with one attached hydrogen (secondary N) is 1. The minimum absolute atomic E-state index is 0.0702. The van der Waals surface area contributed by atoms with Crippen LogP contribution in [0.4, 0.5) is 14.5 Å². The van der Waals surface area contributed by atoms with Crippen molar-refractivity contribution >= 4 is 29.3 Å². The van der Waals surface area contributed by atoms with Crippen molar-refractivity contribution in [1.29, 1.82) is 0 Å². The second-order valence-electron chi connectivity index (χ2n) is 6.70. The van der Waals surface area contributed by atoms with Crippen LogP contribution in [0.2, 0.25) is 0 Å². The van der Waals surface area contributed by atoms with E-state index < -0.39 is 24.2 Å². The Balaban J connectivity index is 1.69. The third-order valence-electron chi connectivity index (χ3n) is 4.15. The Morgan fingerprint density at radius 2 is 1.90 bits per heavy atom. The number of alkyl halides is 2. The second kappa shape index (κ2) is 10.2. The van der Waals surface area contributed by atoms with Gasteiger partial charge in [-0.3, -0.25) is 4.79 Å². The molecule has 0 aliphatic heterocycles. The lowest BCUT2D eigenvalue weighted by atomic mass is 10.1. The van der Waals surface area contributed by atoms with Crippen molar-refractivity contribution in [3.63, 3.8) is 0 Å². The first-order chi connectivity index (χ1) is 14.9. The van der Waals surface area contributed by atoms with E-state index >= 15 is 0 Å². The van der Waals surface area contributed by atoms with E-state index in [1.165, 1.54) is 18.3 Å². The van der Waals surface area contributed by atoms with Crippen molar-refractivity contribution < 1.29 is 23.1 Å². The van der Waals surface area contributed by atoms with Gasteiger partial charge in [-0.25, -0.2) is 14.5 Å². The van der Waals surface area contributed by atoms with Gasteiger partial charge in [-0.05, 0) is 30.2 Å². The van der Waals surface area contributed by atoms with Crippen molar-refractivity contribution in [3.8, 4) is 5.82 Å². The molecule has 0 spiro atoms. The lowest BCUT2D eigenvalue weighted by molar-refractivity contribution is -0.119.